The van der Waals surface area contributed by atoms with Gasteiger partial charge in [0, 0.05) is 35.3 Å². The number of hydrogen-bond donors (Lipinski definition) is 1. The number of nitrogens with zero attached hydrogens (tertiary/aromatic N) is 1. The normalized spacial score (nSPS) is 25.5. The van der Waals surface area contributed by atoms with Gasteiger partial charge in [0.1, 0.15) is 5.82 Å². The summed E-state index contributed by atoms with van der Waals surface area (Å²) in [6.45, 7) is 10.2. The zero-order valence-electron chi connectivity index (χ0n) is 12.1. The van der Waals surface area contributed by atoms with Gasteiger partial charge in [0.15, 0.2) is 0 Å². The van der Waals surface area contributed by atoms with Crippen LogP contribution in [0.4, 0.5) is 10.1 Å². The van der Waals surface area contributed by atoms with Gasteiger partial charge in [-0.25, -0.2) is 4.39 Å². The molecule has 1 saturated heterocycles. The molecule has 4 heteroatoms. The summed E-state index contributed by atoms with van der Waals surface area (Å²) in [7, 11) is 0. The summed E-state index contributed by atoms with van der Waals surface area (Å²) in [6.07, 6.45) is 0. The molecule has 2 N–H and O–H groups in total. The van der Waals surface area contributed by atoms with Gasteiger partial charge in [0.25, 0.3) is 0 Å². The van der Waals surface area contributed by atoms with E-state index < -0.39 is 0 Å². The van der Waals surface area contributed by atoms with Crippen LogP contribution in [0.5, 0.6) is 0 Å². The van der Waals surface area contributed by atoms with E-state index in [2.05, 4.69) is 18.7 Å². The first-order valence-corrected chi connectivity index (χ1v) is 7.78. The number of hydrogen-bond acceptors (Lipinski definition) is 3. The molecule has 1 aromatic carbocycles. The van der Waals surface area contributed by atoms with Crippen molar-refractivity contribution in [2.24, 2.45) is 5.73 Å². The third-order valence-corrected chi connectivity index (χ3v) is 4.79. The average Bonchev–Trinajstić information content (AvgIpc) is 2.30. The Bertz CT molecular complexity index is 452. The number of aryl methyl sites for hydroxylation is 1. The van der Waals surface area contributed by atoms with Gasteiger partial charge in [0.2, 0.25) is 0 Å². The van der Waals surface area contributed by atoms with E-state index in [4.69, 9.17) is 5.73 Å². The van der Waals surface area contributed by atoms with Gasteiger partial charge in [-0.2, -0.15) is 11.8 Å². The number of nitrogens with two attached hydrogens (primary N) is 1. The molecule has 3 atom stereocenters. The van der Waals surface area contributed by atoms with Crippen LogP contribution in [0, 0.1) is 12.7 Å². The van der Waals surface area contributed by atoms with Crippen LogP contribution in [-0.4, -0.2) is 23.6 Å². The van der Waals surface area contributed by atoms with Crippen molar-refractivity contribution >= 4 is 17.4 Å². The maximum Gasteiger partial charge on any atom is 0.126 e. The SMILES string of the molecule is Cc1cc(N2CC(C)SC(C)C2)c([C@@H](C)N)cc1F. The Hall–Kier alpha value is -0.740. The van der Waals surface area contributed by atoms with Crippen molar-refractivity contribution in [2.75, 3.05) is 18.0 Å². The molecule has 0 saturated carbocycles. The van der Waals surface area contributed by atoms with Crippen LogP contribution in [0.25, 0.3) is 0 Å². The Balaban J connectivity index is 2.40. The quantitative estimate of drug-likeness (QED) is 0.900. The van der Waals surface area contributed by atoms with E-state index in [1.807, 2.05) is 31.7 Å². The Morgan fingerprint density at radius 2 is 1.89 bits per heavy atom. The predicted octanol–water partition coefficient (Wildman–Crippen LogP) is 3.48. The zero-order valence-corrected chi connectivity index (χ0v) is 12.9. The third-order valence-electron chi connectivity index (χ3n) is 3.56. The molecule has 0 bridgehead atoms. The van der Waals surface area contributed by atoms with Gasteiger partial charge < -0.3 is 10.6 Å². The van der Waals surface area contributed by atoms with Crippen LogP contribution in [0.2, 0.25) is 0 Å². The molecular weight excluding hydrogens is 259 g/mol. The summed E-state index contributed by atoms with van der Waals surface area (Å²) >= 11 is 2.01. The highest BCUT2D eigenvalue weighted by atomic mass is 32.2. The summed E-state index contributed by atoms with van der Waals surface area (Å²) in [5, 5.41) is 1.19. The summed E-state index contributed by atoms with van der Waals surface area (Å²) in [5.41, 5.74) is 8.72. The number of anilines is 1. The lowest BCUT2D eigenvalue weighted by Gasteiger charge is -2.38. The molecule has 106 valence electrons. The second-order valence-corrected chi connectivity index (χ2v) is 7.49. The fraction of sp³-hybridized carbons (Fsp3) is 0.600. The highest BCUT2D eigenvalue weighted by Gasteiger charge is 2.25. The lowest BCUT2D eigenvalue weighted by molar-refractivity contribution is 0.611. The Morgan fingerprint density at radius 1 is 1.32 bits per heavy atom. The van der Waals surface area contributed by atoms with Crippen molar-refractivity contribution < 1.29 is 4.39 Å². The van der Waals surface area contributed by atoms with Crippen LogP contribution in [0.3, 0.4) is 0 Å². The standard InChI is InChI=1S/C15H23FN2S/c1-9-5-15(13(12(4)17)6-14(9)16)18-7-10(2)19-11(3)8-18/h5-6,10-12H,7-8,17H2,1-4H3/t10?,11?,12-/m1/s1. The van der Waals surface area contributed by atoms with Crippen molar-refractivity contribution in [1.29, 1.82) is 0 Å². The second-order valence-electron chi connectivity index (χ2n) is 5.61. The highest BCUT2D eigenvalue weighted by Crippen LogP contribution is 2.33. The van der Waals surface area contributed by atoms with Crippen molar-refractivity contribution in [2.45, 2.75) is 44.2 Å². The molecule has 1 aliphatic heterocycles. The third kappa shape index (κ3) is 3.23. The minimum absolute atomic E-state index is 0.148. The van der Waals surface area contributed by atoms with Crippen LogP contribution in [-0.2, 0) is 0 Å². The van der Waals surface area contributed by atoms with Crippen LogP contribution >= 0.6 is 11.8 Å². The molecule has 1 fully saturated rings. The first-order chi connectivity index (χ1) is 8.88. The molecule has 0 aromatic heterocycles. The first kappa shape index (κ1) is 14.7. The van der Waals surface area contributed by atoms with Crippen molar-refractivity contribution in [3.05, 3.63) is 29.1 Å². The van der Waals surface area contributed by atoms with Gasteiger partial charge in [-0.1, -0.05) is 13.8 Å². The van der Waals surface area contributed by atoms with Gasteiger partial charge >= 0.3 is 0 Å². The average molecular weight is 282 g/mol. The van der Waals surface area contributed by atoms with Crippen LogP contribution in [0.15, 0.2) is 12.1 Å². The summed E-state index contributed by atoms with van der Waals surface area (Å²) < 4.78 is 13.8. The highest BCUT2D eigenvalue weighted by molar-refractivity contribution is 8.00. The largest absolute Gasteiger partial charge is 0.369 e. The summed E-state index contributed by atoms with van der Waals surface area (Å²) in [6, 6.07) is 3.40. The molecule has 1 aromatic rings. The number of benzene rings is 1. The summed E-state index contributed by atoms with van der Waals surface area (Å²) in [5.74, 6) is -0.163. The van der Waals surface area contributed by atoms with Crippen molar-refractivity contribution in [1.82, 2.24) is 0 Å². The fourth-order valence-electron chi connectivity index (χ4n) is 2.69. The van der Waals surface area contributed by atoms with E-state index in [1.165, 1.54) is 0 Å². The van der Waals surface area contributed by atoms with Crippen LogP contribution < -0.4 is 10.6 Å². The molecule has 2 rings (SSSR count). The molecule has 1 heterocycles. The number of rotatable bonds is 2. The molecule has 2 unspecified atom stereocenters. The van der Waals surface area contributed by atoms with Gasteiger partial charge in [-0.3, -0.25) is 0 Å². The van der Waals surface area contributed by atoms with E-state index >= 15 is 0 Å². The van der Waals surface area contributed by atoms with E-state index in [9.17, 15) is 4.39 Å². The zero-order chi connectivity index (χ0) is 14.2. The topological polar surface area (TPSA) is 29.3 Å². The van der Waals surface area contributed by atoms with E-state index in [0.717, 1.165) is 24.3 Å². The smallest absolute Gasteiger partial charge is 0.126 e. The summed E-state index contributed by atoms with van der Waals surface area (Å²) in [4.78, 5) is 2.36. The molecule has 0 spiro atoms. The molecular formula is C15H23FN2S. The van der Waals surface area contributed by atoms with Gasteiger partial charge in [-0.15, -0.1) is 0 Å². The van der Waals surface area contributed by atoms with E-state index in [0.29, 0.717) is 16.1 Å². The second kappa shape index (κ2) is 5.71. The van der Waals surface area contributed by atoms with Crippen molar-refractivity contribution in [3.63, 3.8) is 0 Å². The number of thioether (sulfide) groups is 1. The molecule has 1 aliphatic rings. The minimum atomic E-state index is -0.163. The number of halogens is 1. The predicted molar refractivity (Wildman–Crippen MR) is 82.5 cm³/mol. The van der Waals surface area contributed by atoms with E-state index in [-0.39, 0.29) is 11.9 Å². The molecule has 0 amide bonds. The Kier molecular flexibility index (Phi) is 4.41. The fourth-order valence-corrected chi connectivity index (χ4v) is 4.02. The van der Waals surface area contributed by atoms with Gasteiger partial charge in [0.05, 0.1) is 0 Å². The Morgan fingerprint density at radius 3 is 2.42 bits per heavy atom. The maximum absolute atomic E-state index is 13.8. The lowest BCUT2D eigenvalue weighted by atomic mass is 10.0. The monoisotopic (exact) mass is 282 g/mol. The Labute approximate surface area is 119 Å². The molecule has 19 heavy (non-hydrogen) atoms. The van der Waals surface area contributed by atoms with Gasteiger partial charge in [-0.05, 0) is 37.1 Å². The van der Waals surface area contributed by atoms with E-state index in [1.54, 1.807) is 6.07 Å². The van der Waals surface area contributed by atoms with Crippen molar-refractivity contribution in [3.8, 4) is 0 Å². The maximum atomic E-state index is 13.8. The lowest BCUT2D eigenvalue weighted by Crippen LogP contribution is -2.41. The first-order valence-electron chi connectivity index (χ1n) is 6.84. The molecule has 0 aliphatic carbocycles. The van der Waals surface area contributed by atoms with Crippen LogP contribution in [0.1, 0.15) is 37.9 Å². The molecule has 0 radical (unpaired) electrons. The minimum Gasteiger partial charge on any atom is -0.369 e. The molecule has 2 nitrogen and oxygen atoms in total.